The fraction of sp³-hybridized carbons (Fsp3) is 0.857. The predicted octanol–water partition coefficient (Wildman–Crippen LogP) is 0.957. The maximum absolute atomic E-state index is 12.0. The van der Waals surface area contributed by atoms with E-state index in [2.05, 4.69) is 10.3 Å². The van der Waals surface area contributed by atoms with Gasteiger partial charge in [0.2, 0.25) is 10.0 Å². The molecule has 1 saturated heterocycles. The molecule has 2 heterocycles. The number of aromatic nitrogens is 3. The molecule has 0 saturated carbocycles. The van der Waals surface area contributed by atoms with Gasteiger partial charge in [0.25, 0.3) is 0 Å². The number of nitrogens with zero attached hydrogens (tertiary/aromatic N) is 4. The Bertz CT molecular complexity index is 583. The Morgan fingerprint density at radius 2 is 2.00 bits per heavy atom. The third-order valence-corrected chi connectivity index (χ3v) is 6.12. The van der Waals surface area contributed by atoms with Crippen LogP contribution in [-0.2, 0) is 22.2 Å². The topological polar surface area (TPSA) is 88.3 Å². The quantitative estimate of drug-likeness (QED) is 0.839. The van der Waals surface area contributed by atoms with Gasteiger partial charge in [0.1, 0.15) is 11.3 Å². The van der Waals surface area contributed by atoms with Crippen LogP contribution < -0.4 is 0 Å². The highest BCUT2D eigenvalue weighted by atomic mass is 32.2. The van der Waals surface area contributed by atoms with Crippen LogP contribution >= 0.6 is 0 Å². The van der Waals surface area contributed by atoms with Gasteiger partial charge in [-0.25, -0.2) is 12.7 Å². The molecule has 0 aromatic carbocycles. The summed E-state index contributed by atoms with van der Waals surface area (Å²) >= 11 is 0. The van der Waals surface area contributed by atoms with Gasteiger partial charge in [-0.3, -0.25) is 4.68 Å². The van der Waals surface area contributed by atoms with Crippen LogP contribution in [0.1, 0.15) is 45.7 Å². The highest BCUT2D eigenvalue weighted by molar-refractivity contribution is 7.89. The first-order valence-electron chi connectivity index (χ1n) is 7.83. The van der Waals surface area contributed by atoms with Crippen molar-refractivity contribution in [2.45, 2.75) is 52.2 Å². The van der Waals surface area contributed by atoms with E-state index in [4.69, 9.17) is 0 Å². The molecule has 0 radical (unpaired) electrons. The van der Waals surface area contributed by atoms with E-state index in [0.29, 0.717) is 37.7 Å². The first kappa shape index (κ1) is 17.4. The lowest BCUT2D eigenvalue weighted by atomic mass is 9.98. The molecule has 1 aromatic heterocycles. The molecule has 2 rings (SSSR count). The van der Waals surface area contributed by atoms with Crippen molar-refractivity contribution in [1.82, 2.24) is 19.3 Å². The standard InChI is InChI=1S/C14H26N4O3S/c1-4-9-22(20,21)18-7-5-12(6-8-18)10-17-11-13(15-16-17)14(2,3)19/h11-12,19H,4-10H2,1-3H3. The number of piperidine rings is 1. The lowest BCUT2D eigenvalue weighted by Crippen LogP contribution is -2.40. The molecular formula is C14H26N4O3S. The average molecular weight is 330 g/mol. The van der Waals surface area contributed by atoms with E-state index >= 15 is 0 Å². The molecule has 1 aliphatic rings. The van der Waals surface area contributed by atoms with Crippen LogP contribution in [0.4, 0.5) is 0 Å². The molecule has 1 aromatic rings. The summed E-state index contributed by atoms with van der Waals surface area (Å²) in [5, 5.41) is 17.9. The summed E-state index contributed by atoms with van der Waals surface area (Å²) < 4.78 is 27.4. The number of hydrogen-bond acceptors (Lipinski definition) is 5. The number of hydrogen-bond donors (Lipinski definition) is 1. The summed E-state index contributed by atoms with van der Waals surface area (Å²) in [5.74, 6) is 0.625. The molecule has 0 atom stereocenters. The zero-order chi connectivity index (χ0) is 16.4. The first-order chi connectivity index (χ1) is 10.2. The van der Waals surface area contributed by atoms with Gasteiger partial charge in [0.05, 0.1) is 11.9 Å². The van der Waals surface area contributed by atoms with E-state index in [0.717, 1.165) is 12.8 Å². The summed E-state index contributed by atoms with van der Waals surface area (Å²) in [6.45, 7) is 7.12. The van der Waals surface area contributed by atoms with Crippen molar-refractivity contribution in [3.05, 3.63) is 11.9 Å². The van der Waals surface area contributed by atoms with Crippen molar-refractivity contribution in [2.24, 2.45) is 5.92 Å². The van der Waals surface area contributed by atoms with E-state index in [1.165, 1.54) is 0 Å². The number of aliphatic hydroxyl groups is 1. The molecule has 0 unspecified atom stereocenters. The van der Waals surface area contributed by atoms with Crippen LogP contribution in [0.3, 0.4) is 0 Å². The van der Waals surface area contributed by atoms with Crippen molar-refractivity contribution >= 4 is 10.0 Å². The number of rotatable bonds is 6. The van der Waals surface area contributed by atoms with E-state index in [1.807, 2.05) is 6.92 Å². The van der Waals surface area contributed by atoms with Gasteiger partial charge >= 0.3 is 0 Å². The minimum Gasteiger partial charge on any atom is -0.384 e. The fourth-order valence-electron chi connectivity index (χ4n) is 2.69. The molecule has 22 heavy (non-hydrogen) atoms. The molecule has 1 aliphatic heterocycles. The summed E-state index contributed by atoms with van der Waals surface area (Å²) in [6, 6.07) is 0. The van der Waals surface area contributed by atoms with Crippen molar-refractivity contribution in [1.29, 1.82) is 0 Å². The van der Waals surface area contributed by atoms with E-state index < -0.39 is 15.6 Å². The third kappa shape index (κ3) is 4.27. The Kier molecular flexibility index (Phi) is 5.24. The summed E-state index contributed by atoms with van der Waals surface area (Å²) in [4.78, 5) is 0. The van der Waals surface area contributed by atoms with Crippen LogP contribution in [-0.4, -0.2) is 51.7 Å². The smallest absolute Gasteiger partial charge is 0.214 e. The molecule has 126 valence electrons. The van der Waals surface area contributed by atoms with Gasteiger partial charge in [0, 0.05) is 19.6 Å². The first-order valence-corrected chi connectivity index (χ1v) is 9.44. The normalized spacial score (nSPS) is 18.7. The molecule has 8 heteroatoms. The molecule has 1 fully saturated rings. The second kappa shape index (κ2) is 6.64. The van der Waals surface area contributed by atoms with Crippen LogP contribution in [0.5, 0.6) is 0 Å². The lowest BCUT2D eigenvalue weighted by molar-refractivity contribution is 0.0737. The maximum Gasteiger partial charge on any atom is 0.214 e. The second-order valence-corrected chi connectivity index (χ2v) is 8.63. The molecule has 7 nitrogen and oxygen atoms in total. The minimum absolute atomic E-state index is 0.232. The van der Waals surface area contributed by atoms with Crippen molar-refractivity contribution in [3.63, 3.8) is 0 Å². The summed E-state index contributed by atoms with van der Waals surface area (Å²) in [5.41, 5.74) is -0.439. The third-order valence-electron chi connectivity index (χ3n) is 4.04. The zero-order valence-electron chi connectivity index (χ0n) is 13.6. The molecule has 0 amide bonds. The van der Waals surface area contributed by atoms with Crippen LogP contribution in [0.25, 0.3) is 0 Å². The van der Waals surface area contributed by atoms with Gasteiger partial charge in [-0.05, 0) is 39.0 Å². The van der Waals surface area contributed by atoms with E-state index in [9.17, 15) is 13.5 Å². The van der Waals surface area contributed by atoms with Crippen LogP contribution in [0.15, 0.2) is 6.20 Å². The molecule has 0 bridgehead atoms. The zero-order valence-corrected chi connectivity index (χ0v) is 14.4. The fourth-order valence-corrected chi connectivity index (χ4v) is 4.23. The SMILES string of the molecule is CCCS(=O)(=O)N1CCC(Cn2cc(C(C)(C)O)nn2)CC1. The number of sulfonamides is 1. The van der Waals surface area contributed by atoms with E-state index in [1.54, 1.807) is 29.0 Å². The van der Waals surface area contributed by atoms with Crippen LogP contribution in [0, 0.1) is 5.92 Å². The van der Waals surface area contributed by atoms with Gasteiger partial charge in [-0.15, -0.1) is 5.10 Å². The van der Waals surface area contributed by atoms with E-state index in [-0.39, 0.29) is 5.75 Å². The van der Waals surface area contributed by atoms with Crippen molar-refractivity contribution < 1.29 is 13.5 Å². The van der Waals surface area contributed by atoms with Crippen molar-refractivity contribution in [3.8, 4) is 0 Å². The Morgan fingerprint density at radius 1 is 1.36 bits per heavy atom. The largest absolute Gasteiger partial charge is 0.384 e. The highest BCUT2D eigenvalue weighted by Crippen LogP contribution is 2.22. The average Bonchev–Trinajstić information content (AvgIpc) is 2.88. The minimum atomic E-state index is -3.08. The molecule has 0 aliphatic carbocycles. The lowest BCUT2D eigenvalue weighted by Gasteiger charge is -2.31. The Morgan fingerprint density at radius 3 is 2.50 bits per heavy atom. The molecule has 0 spiro atoms. The van der Waals surface area contributed by atoms with Gasteiger partial charge in [-0.1, -0.05) is 12.1 Å². The second-order valence-electron chi connectivity index (χ2n) is 6.54. The Balaban J connectivity index is 1.89. The van der Waals surface area contributed by atoms with Gasteiger partial charge in [-0.2, -0.15) is 0 Å². The Labute approximate surface area is 132 Å². The van der Waals surface area contributed by atoms with Crippen molar-refractivity contribution in [2.75, 3.05) is 18.8 Å². The summed E-state index contributed by atoms with van der Waals surface area (Å²) in [6.07, 6.45) is 4.09. The maximum atomic E-state index is 12.0. The van der Waals surface area contributed by atoms with Crippen LogP contribution in [0.2, 0.25) is 0 Å². The summed E-state index contributed by atoms with van der Waals surface area (Å²) in [7, 11) is -3.08. The predicted molar refractivity (Wildman–Crippen MR) is 83.6 cm³/mol. The van der Waals surface area contributed by atoms with Gasteiger partial charge < -0.3 is 5.11 Å². The molecule has 1 N–H and O–H groups in total. The monoisotopic (exact) mass is 330 g/mol. The Hall–Kier alpha value is -0.990. The molecular weight excluding hydrogens is 304 g/mol. The highest BCUT2D eigenvalue weighted by Gasteiger charge is 2.28. The van der Waals surface area contributed by atoms with Gasteiger partial charge in [0.15, 0.2) is 0 Å².